The monoisotopic (exact) mass is 382 g/mol. The van der Waals surface area contributed by atoms with Gasteiger partial charge in [0.15, 0.2) is 5.96 Å². The van der Waals surface area contributed by atoms with Gasteiger partial charge in [-0.25, -0.2) is 0 Å². The number of hydrogen-bond acceptors (Lipinski definition) is 3. The lowest BCUT2D eigenvalue weighted by molar-refractivity contribution is -0.116. The second-order valence-corrected chi connectivity index (χ2v) is 7.81. The molecule has 1 unspecified atom stereocenters. The Morgan fingerprint density at radius 2 is 2.24 bits per heavy atom. The highest BCUT2D eigenvalue weighted by molar-refractivity contribution is 8.00. The van der Waals surface area contributed by atoms with E-state index in [0.29, 0.717) is 23.2 Å². The maximum absolute atomic E-state index is 12.1. The highest BCUT2D eigenvalue weighted by Crippen LogP contribution is 2.26. The molecule has 0 spiro atoms. The Kier molecular flexibility index (Phi) is 8.41. The normalized spacial score (nSPS) is 17.4. The third-order valence-corrected chi connectivity index (χ3v) is 5.80. The van der Waals surface area contributed by atoms with Crippen LogP contribution in [0.25, 0.3) is 0 Å². The van der Waals surface area contributed by atoms with Gasteiger partial charge in [0.2, 0.25) is 5.91 Å². The van der Waals surface area contributed by atoms with Crippen LogP contribution in [0.3, 0.4) is 0 Å². The number of guanidine groups is 1. The quantitative estimate of drug-likeness (QED) is 0.499. The molecule has 1 aliphatic rings. The van der Waals surface area contributed by atoms with Crippen LogP contribution in [0.2, 0.25) is 5.02 Å². The van der Waals surface area contributed by atoms with Crippen LogP contribution in [0, 0.1) is 6.92 Å². The summed E-state index contributed by atoms with van der Waals surface area (Å²) >= 11 is 8.07. The van der Waals surface area contributed by atoms with E-state index in [0.717, 1.165) is 30.3 Å². The fourth-order valence-electron chi connectivity index (χ4n) is 2.57. The van der Waals surface area contributed by atoms with Gasteiger partial charge in [0.25, 0.3) is 0 Å². The van der Waals surface area contributed by atoms with E-state index in [1.54, 1.807) is 0 Å². The number of carbonyl (C=O) groups excluding carboxylic acids is 1. The summed E-state index contributed by atoms with van der Waals surface area (Å²) in [5.41, 5.74) is 1.64. The van der Waals surface area contributed by atoms with Crippen LogP contribution >= 0.6 is 23.4 Å². The SMILES string of the molecule is CCNC(=NCC1CCCS1)NCCC(=O)Nc1cccc(Cl)c1C. The van der Waals surface area contributed by atoms with Crippen LogP contribution in [0.15, 0.2) is 23.2 Å². The molecule has 0 aliphatic carbocycles. The van der Waals surface area contributed by atoms with E-state index in [2.05, 4.69) is 20.9 Å². The Hall–Kier alpha value is -1.40. The van der Waals surface area contributed by atoms with Crippen LogP contribution in [0.4, 0.5) is 5.69 Å². The van der Waals surface area contributed by atoms with E-state index in [9.17, 15) is 4.79 Å². The summed E-state index contributed by atoms with van der Waals surface area (Å²) in [6.07, 6.45) is 2.90. The number of halogens is 1. The van der Waals surface area contributed by atoms with Crippen molar-refractivity contribution in [3.8, 4) is 0 Å². The number of amides is 1. The van der Waals surface area contributed by atoms with E-state index in [1.807, 2.05) is 43.8 Å². The number of thioether (sulfide) groups is 1. The van der Waals surface area contributed by atoms with Crippen molar-refractivity contribution in [1.82, 2.24) is 10.6 Å². The number of nitrogens with one attached hydrogen (secondary N) is 3. The van der Waals surface area contributed by atoms with Crippen molar-refractivity contribution in [2.45, 2.75) is 38.4 Å². The molecule has 2 rings (SSSR count). The predicted molar refractivity (Wildman–Crippen MR) is 109 cm³/mol. The van der Waals surface area contributed by atoms with E-state index >= 15 is 0 Å². The number of nitrogens with zero attached hydrogens (tertiary/aromatic N) is 1. The number of aliphatic imine (C=N–C) groups is 1. The molecule has 1 amide bonds. The first-order chi connectivity index (χ1) is 12.1. The van der Waals surface area contributed by atoms with Crippen molar-refractivity contribution in [3.05, 3.63) is 28.8 Å². The van der Waals surface area contributed by atoms with E-state index in [1.165, 1.54) is 18.6 Å². The molecule has 1 aromatic carbocycles. The molecule has 0 saturated carbocycles. The third kappa shape index (κ3) is 6.78. The number of carbonyl (C=O) groups is 1. The lowest BCUT2D eigenvalue weighted by atomic mass is 10.2. The average molecular weight is 383 g/mol. The molecule has 5 nitrogen and oxygen atoms in total. The zero-order chi connectivity index (χ0) is 18.1. The summed E-state index contributed by atoms with van der Waals surface area (Å²) in [7, 11) is 0. The van der Waals surface area contributed by atoms with Crippen molar-refractivity contribution >= 4 is 40.9 Å². The minimum atomic E-state index is -0.0416. The maximum atomic E-state index is 12.1. The lowest BCUT2D eigenvalue weighted by Gasteiger charge is -2.13. The molecule has 25 heavy (non-hydrogen) atoms. The Morgan fingerprint density at radius 1 is 1.40 bits per heavy atom. The van der Waals surface area contributed by atoms with Crippen LogP contribution < -0.4 is 16.0 Å². The summed E-state index contributed by atoms with van der Waals surface area (Å²) in [5.74, 6) is 1.98. The smallest absolute Gasteiger partial charge is 0.226 e. The molecule has 138 valence electrons. The minimum absolute atomic E-state index is 0.0416. The molecule has 1 atom stereocenters. The number of anilines is 1. The zero-order valence-corrected chi connectivity index (χ0v) is 16.5. The fourth-order valence-corrected chi connectivity index (χ4v) is 3.93. The van der Waals surface area contributed by atoms with Crippen LogP contribution in [0.5, 0.6) is 0 Å². The number of hydrogen-bond donors (Lipinski definition) is 3. The van der Waals surface area contributed by atoms with Crippen LogP contribution in [0.1, 0.15) is 31.7 Å². The highest BCUT2D eigenvalue weighted by atomic mass is 35.5. The van der Waals surface area contributed by atoms with Crippen molar-refractivity contribution in [2.24, 2.45) is 4.99 Å². The molecule has 7 heteroatoms. The summed E-state index contributed by atoms with van der Waals surface area (Å²) in [4.78, 5) is 16.8. The van der Waals surface area contributed by atoms with Gasteiger partial charge < -0.3 is 16.0 Å². The van der Waals surface area contributed by atoms with Crippen molar-refractivity contribution in [1.29, 1.82) is 0 Å². The lowest BCUT2D eigenvalue weighted by Crippen LogP contribution is -2.39. The summed E-state index contributed by atoms with van der Waals surface area (Å²) in [5, 5.41) is 10.6. The number of rotatable bonds is 7. The zero-order valence-electron chi connectivity index (χ0n) is 14.9. The molecular formula is C18H27ClN4OS. The van der Waals surface area contributed by atoms with Crippen LogP contribution in [-0.4, -0.2) is 42.5 Å². The standard InChI is InChI=1S/C18H27ClN4OS/c1-3-20-18(22-12-14-6-5-11-25-14)21-10-9-17(24)23-16-8-4-7-15(19)13(16)2/h4,7-8,14H,3,5-6,9-12H2,1-2H3,(H,23,24)(H2,20,21,22). The minimum Gasteiger partial charge on any atom is -0.357 e. The van der Waals surface area contributed by atoms with Gasteiger partial charge in [0, 0.05) is 35.5 Å². The Bertz CT molecular complexity index is 603. The summed E-state index contributed by atoms with van der Waals surface area (Å²) < 4.78 is 0. The van der Waals surface area contributed by atoms with Gasteiger partial charge in [0.1, 0.15) is 0 Å². The van der Waals surface area contributed by atoms with E-state index < -0.39 is 0 Å². The van der Waals surface area contributed by atoms with Gasteiger partial charge in [-0.3, -0.25) is 9.79 Å². The van der Waals surface area contributed by atoms with E-state index in [-0.39, 0.29) is 5.91 Å². The first-order valence-corrected chi connectivity index (χ1v) is 10.2. The molecule has 1 aliphatic heterocycles. The Balaban J connectivity index is 1.77. The summed E-state index contributed by atoms with van der Waals surface area (Å²) in [6, 6.07) is 5.51. The molecular weight excluding hydrogens is 356 g/mol. The Labute approximate surface area is 159 Å². The summed E-state index contributed by atoms with van der Waals surface area (Å²) in [6.45, 7) is 6.10. The van der Waals surface area contributed by atoms with Crippen molar-refractivity contribution in [3.63, 3.8) is 0 Å². The van der Waals surface area contributed by atoms with Crippen molar-refractivity contribution < 1.29 is 4.79 Å². The molecule has 0 radical (unpaired) electrons. The molecule has 1 aromatic rings. The third-order valence-electron chi connectivity index (χ3n) is 4.01. The second-order valence-electron chi connectivity index (χ2n) is 5.99. The van der Waals surface area contributed by atoms with Crippen LogP contribution in [-0.2, 0) is 4.79 Å². The van der Waals surface area contributed by atoms with Gasteiger partial charge in [-0.2, -0.15) is 11.8 Å². The van der Waals surface area contributed by atoms with Gasteiger partial charge in [-0.1, -0.05) is 17.7 Å². The van der Waals surface area contributed by atoms with Gasteiger partial charge in [-0.15, -0.1) is 0 Å². The number of benzene rings is 1. The molecule has 1 heterocycles. The van der Waals surface area contributed by atoms with E-state index in [4.69, 9.17) is 11.6 Å². The first-order valence-electron chi connectivity index (χ1n) is 8.79. The molecule has 0 bridgehead atoms. The topological polar surface area (TPSA) is 65.5 Å². The van der Waals surface area contributed by atoms with Gasteiger partial charge in [0.05, 0.1) is 6.54 Å². The highest BCUT2D eigenvalue weighted by Gasteiger charge is 2.15. The van der Waals surface area contributed by atoms with Gasteiger partial charge in [-0.05, 0) is 50.1 Å². The predicted octanol–water partition coefficient (Wildman–Crippen LogP) is 3.43. The molecule has 1 fully saturated rings. The maximum Gasteiger partial charge on any atom is 0.226 e. The molecule has 3 N–H and O–H groups in total. The Morgan fingerprint density at radius 3 is 2.96 bits per heavy atom. The molecule has 0 aromatic heterocycles. The van der Waals surface area contributed by atoms with Crippen molar-refractivity contribution in [2.75, 3.05) is 30.7 Å². The second kappa shape index (κ2) is 10.6. The average Bonchev–Trinajstić information content (AvgIpc) is 3.10. The first kappa shape index (κ1) is 19.9. The molecule has 1 saturated heterocycles. The van der Waals surface area contributed by atoms with Gasteiger partial charge >= 0.3 is 0 Å². The fraction of sp³-hybridized carbons (Fsp3) is 0.556. The largest absolute Gasteiger partial charge is 0.357 e.